The molecule has 0 aromatic rings. The minimum absolute atomic E-state index is 0.0629. The van der Waals surface area contributed by atoms with E-state index in [4.69, 9.17) is 10.8 Å². The van der Waals surface area contributed by atoms with Crippen LogP contribution < -0.4 is 5.73 Å². The number of aliphatic hydroxyl groups excluding tert-OH is 1. The first kappa shape index (κ1) is 11.5. The van der Waals surface area contributed by atoms with E-state index in [1.54, 1.807) is 0 Å². The highest BCUT2D eigenvalue weighted by atomic mass is 16.3. The second kappa shape index (κ2) is 5.32. The third-order valence-corrected chi connectivity index (χ3v) is 2.89. The third kappa shape index (κ3) is 2.69. The van der Waals surface area contributed by atoms with Crippen molar-refractivity contribution >= 4 is 5.91 Å². The standard InChI is InChI=1S/C10H20N2O2/c1-2-9(11)10(14)12-5-3-8(7-12)4-6-13/h8-9,13H,2-7,11H2,1H3. The average Bonchev–Trinajstić information content (AvgIpc) is 2.64. The zero-order chi connectivity index (χ0) is 10.6. The molecule has 4 heteroatoms. The van der Waals surface area contributed by atoms with Crippen LogP contribution in [0.4, 0.5) is 0 Å². The minimum Gasteiger partial charge on any atom is -0.396 e. The maximum Gasteiger partial charge on any atom is 0.239 e. The van der Waals surface area contributed by atoms with E-state index in [-0.39, 0.29) is 18.6 Å². The molecular weight excluding hydrogens is 180 g/mol. The number of hydrogen-bond acceptors (Lipinski definition) is 3. The van der Waals surface area contributed by atoms with Crippen LogP contribution in [-0.4, -0.2) is 41.7 Å². The lowest BCUT2D eigenvalue weighted by molar-refractivity contribution is -0.131. The number of nitrogens with two attached hydrogens (primary N) is 1. The molecule has 0 spiro atoms. The predicted molar refractivity (Wildman–Crippen MR) is 54.7 cm³/mol. The lowest BCUT2D eigenvalue weighted by Gasteiger charge is -2.19. The van der Waals surface area contributed by atoms with Crippen LogP contribution in [0, 0.1) is 5.92 Å². The lowest BCUT2D eigenvalue weighted by atomic mass is 10.1. The van der Waals surface area contributed by atoms with Crippen molar-refractivity contribution in [1.29, 1.82) is 0 Å². The molecule has 14 heavy (non-hydrogen) atoms. The van der Waals surface area contributed by atoms with Crippen LogP contribution in [0.3, 0.4) is 0 Å². The molecule has 0 aliphatic carbocycles. The van der Waals surface area contributed by atoms with Gasteiger partial charge in [-0.05, 0) is 25.2 Å². The molecule has 1 heterocycles. The van der Waals surface area contributed by atoms with Crippen LogP contribution in [0.15, 0.2) is 0 Å². The molecule has 3 N–H and O–H groups in total. The van der Waals surface area contributed by atoms with E-state index in [9.17, 15) is 4.79 Å². The van der Waals surface area contributed by atoms with Crippen molar-refractivity contribution in [2.75, 3.05) is 19.7 Å². The fraction of sp³-hybridized carbons (Fsp3) is 0.900. The molecule has 0 aromatic carbocycles. The third-order valence-electron chi connectivity index (χ3n) is 2.89. The number of likely N-dealkylation sites (tertiary alicyclic amines) is 1. The van der Waals surface area contributed by atoms with Crippen molar-refractivity contribution in [2.24, 2.45) is 11.7 Å². The van der Waals surface area contributed by atoms with E-state index in [0.717, 1.165) is 25.9 Å². The Morgan fingerprint density at radius 3 is 3.00 bits per heavy atom. The summed E-state index contributed by atoms with van der Waals surface area (Å²) in [7, 11) is 0. The number of rotatable bonds is 4. The number of amides is 1. The second-order valence-electron chi connectivity index (χ2n) is 3.97. The summed E-state index contributed by atoms with van der Waals surface area (Å²) in [6.07, 6.45) is 2.49. The Hall–Kier alpha value is -0.610. The van der Waals surface area contributed by atoms with Gasteiger partial charge in [-0.1, -0.05) is 6.92 Å². The molecule has 1 aliphatic heterocycles. The number of aliphatic hydroxyl groups is 1. The average molecular weight is 200 g/mol. The van der Waals surface area contributed by atoms with E-state index < -0.39 is 0 Å². The quantitative estimate of drug-likeness (QED) is 0.669. The van der Waals surface area contributed by atoms with Gasteiger partial charge in [0.2, 0.25) is 5.91 Å². The number of carbonyl (C=O) groups excluding carboxylic acids is 1. The van der Waals surface area contributed by atoms with Crippen LogP contribution in [0.2, 0.25) is 0 Å². The van der Waals surface area contributed by atoms with Gasteiger partial charge < -0.3 is 15.7 Å². The zero-order valence-electron chi connectivity index (χ0n) is 8.78. The van der Waals surface area contributed by atoms with Crippen LogP contribution in [0.1, 0.15) is 26.2 Å². The maximum absolute atomic E-state index is 11.7. The molecule has 82 valence electrons. The Kier molecular flexibility index (Phi) is 4.35. The van der Waals surface area contributed by atoms with E-state index in [1.807, 2.05) is 11.8 Å². The molecule has 1 rings (SSSR count). The lowest BCUT2D eigenvalue weighted by Crippen LogP contribution is -2.42. The second-order valence-corrected chi connectivity index (χ2v) is 3.97. The Morgan fingerprint density at radius 1 is 1.71 bits per heavy atom. The van der Waals surface area contributed by atoms with Gasteiger partial charge in [0, 0.05) is 19.7 Å². The molecule has 4 nitrogen and oxygen atoms in total. The highest BCUT2D eigenvalue weighted by Crippen LogP contribution is 2.19. The smallest absolute Gasteiger partial charge is 0.239 e. The summed E-state index contributed by atoms with van der Waals surface area (Å²) in [5.74, 6) is 0.529. The summed E-state index contributed by atoms with van der Waals surface area (Å²) in [5, 5.41) is 8.78. The van der Waals surface area contributed by atoms with E-state index >= 15 is 0 Å². The van der Waals surface area contributed by atoms with Crippen molar-refractivity contribution in [1.82, 2.24) is 4.90 Å². The largest absolute Gasteiger partial charge is 0.396 e. The molecule has 1 amide bonds. The van der Waals surface area contributed by atoms with Gasteiger partial charge in [-0.3, -0.25) is 4.79 Å². The Morgan fingerprint density at radius 2 is 2.43 bits per heavy atom. The molecule has 1 fully saturated rings. The van der Waals surface area contributed by atoms with Gasteiger partial charge in [0.25, 0.3) is 0 Å². The van der Waals surface area contributed by atoms with Crippen LogP contribution in [-0.2, 0) is 4.79 Å². The first-order valence-corrected chi connectivity index (χ1v) is 5.34. The minimum atomic E-state index is -0.345. The molecule has 1 saturated heterocycles. The topological polar surface area (TPSA) is 66.6 Å². The summed E-state index contributed by atoms with van der Waals surface area (Å²) < 4.78 is 0. The first-order chi connectivity index (χ1) is 6.69. The molecule has 0 radical (unpaired) electrons. The molecular formula is C10H20N2O2. The van der Waals surface area contributed by atoms with E-state index in [2.05, 4.69) is 0 Å². The molecule has 0 saturated carbocycles. The predicted octanol–water partition coefficient (Wildman–Crippen LogP) is -0.0454. The Balaban J connectivity index is 2.37. The Labute approximate surface area is 85.1 Å². The van der Waals surface area contributed by atoms with Gasteiger partial charge >= 0.3 is 0 Å². The monoisotopic (exact) mass is 200 g/mol. The number of carbonyl (C=O) groups is 1. The molecule has 2 atom stereocenters. The van der Waals surface area contributed by atoms with Crippen molar-refractivity contribution < 1.29 is 9.90 Å². The van der Waals surface area contributed by atoms with Gasteiger partial charge in [0.15, 0.2) is 0 Å². The molecule has 0 aromatic heterocycles. The highest BCUT2D eigenvalue weighted by Gasteiger charge is 2.27. The van der Waals surface area contributed by atoms with Crippen LogP contribution in [0.5, 0.6) is 0 Å². The summed E-state index contributed by atoms with van der Waals surface area (Å²) in [4.78, 5) is 13.5. The summed E-state index contributed by atoms with van der Waals surface area (Å²) in [6.45, 7) is 3.71. The van der Waals surface area contributed by atoms with Crippen molar-refractivity contribution in [3.63, 3.8) is 0 Å². The highest BCUT2D eigenvalue weighted by molar-refractivity contribution is 5.81. The SMILES string of the molecule is CCC(N)C(=O)N1CCC(CCO)C1. The summed E-state index contributed by atoms with van der Waals surface area (Å²) in [5.41, 5.74) is 5.68. The first-order valence-electron chi connectivity index (χ1n) is 5.34. The van der Waals surface area contributed by atoms with Crippen LogP contribution >= 0.6 is 0 Å². The van der Waals surface area contributed by atoms with Gasteiger partial charge in [0.1, 0.15) is 0 Å². The van der Waals surface area contributed by atoms with E-state index in [0.29, 0.717) is 12.3 Å². The summed E-state index contributed by atoms with van der Waals surface area (Å²) in [6, 6.07) is -0.345. The molecule has 1 aliphatic rings. The van der Waals surface area contributed by atoms with Gasteiger partial charge in [-0.25, -0.2) is 0 Å². The normalized spacial score (nSPS) is 23.9. The molecule has 0 bridgehead atoms. The van der Waals surface area contributed by atoms with Crippen molar-refractivity contribution in [2.45, 2.75) is 32.2 Å². The van der Waals surface area contributed by atoms with Crippen LogP contribution in [0.25, 0.3) is 0 Å². The Bertz CT molecular complexity index is 197. The van der Waals surface area contributed by atoms with Crippen molar-refractivity contribution in [3.05, 3.63) is 0 Å². The fourth-order valence-corrected chi connectivity index (χ4v) is 1.86. The number of hydrogen-bond donors (Lipinski definition) is 2. The molecule has 2 unspecified atom stereocenters. The fourth-order valence-electron chi connectivity index (χ4n) is 1.86. The van der Waals surface area contributed by atoms with Gasteiger partial charge in [0.05, 0.1) is 6.04 Å². The number of nitrogens with zero attached hydrogens (tertiary/aromatic N) is 1. The maximum atomic E-state index is 11.7. The van der Waals surface area contributed by atoms with Crippen molar-refractivity contribution in [3.8, 4) is 0 Å². The van der Waals surface area contributed by atoms with Gasteiger partial charge in [-0.2, -0.15) is 0 Å². The van der Waals surface area contributed by atoms with Gasteiger partial charge in [-0.15, -0.1) is 0 Å². The summed E-state index contributed by atoms with van der Waals surface area (Å²) >= 11 is 0. The van der Waals surface area contributed by atoms with E-state index in [1.165, 1.54) is 0 Å². The zero-order valence-corrected chi connectivity index (χ0v) is 8.78.